The Labute approximate surface area is 151 Å². The van der Waals surface area contributed by atoms with Gasteiger partial charge in [0.25, 0.3) is 5.78 Å². The molecule has 4 heterocycles. The molecule has 1 aliphatic heterocycles. The van der Waals surface area contributed by atoms with Gasteiger partial charge in [0, 0.05) is 24.5 Å². The molecular formula is C17H20ClN7. The lowest BCUT2D eigenvalue weighted by atomic mass is 9.96. The van der Waals surface area contributed by atoms with Gasteiger partial charge in [0.1, 0.15) is 16.8 Å². The molecule has 1 unspecified atom stereocenters. The molecule has 0 saturated carbocycles. The second kappa shape index (κ2) is 6.22. The summed E-state index contributed by atoms with van der Waals surface area (Å²) in [6.45, 7) is 7.96. The first-order valence-corrected chi connectivity index (χ1v) is 8.81. The van der Waals surface area contributed by atoms with Gasteiger partial charge in [-0.2, -0.15) is 10.1 Å². The van der Waals surface area contributed by atoms with Crippen molar-refractivity contribution in [2.45, 2.75) is 33.6 Å². The van der Waals surface area contributed by atoms with E-state index in [1.165, 1.54) is 5.56 Å². The molecule has 3 aromatic rings. The molecule has 0 bridgehead atoms. The second-order valence-electron chi connectivity index (χ2n) is 6.64. The lowest BCUT2D eigenvalue weighted by molar-refractivity contribution is 0.577. The summed E-state index contributed by atoms with van der Waals surface area (Å²) in [6, 6.07) is 0. The Kier molecular flexibility index (Phi) is 4.03. The van der Waals surface area contributed by atoms with Crippen molar-refractivity contribution in [3.8, 4) is 0 Å². The molecule has 1 aliphatic rings. The van der Waals surface area contributed by atoms with Crippen molar-refractivity contribution in [1.82, 2.24) is 29.5 Å². The van der Waals surface area contributed by atoms with Crippen LogP contribution in [0.15, 0.2) is 12.4 Å². The first-order valence-electron chi connectivity index (χ1n) is 8.43. The van der Waals surface area contributed by atoms with Gasteiger partial charge in [0.15, 0.2) is 0 Å². The third kappa shape index (κ3) is 3.04. The van der Waals surface area contributed by atoms with E-state index in [1.54, 1.807) is 12.4 Å². The average Bonchev–Trinajstić information content (AvgIpc) is 3.18. The van der Waals surface area contributed by atoms with Crippen molar-refractivity contribution in [3.63, 3.8) is 0 Å². The zero-order valence-corrected chi connectivity index (χ0v) is 15.3. The Bertz CT molecular complexity index is 936. The van der Waals surface area contributed by atoms with E-state index < -0.39 is 0 Å². The third-order valence-electron chi connectivity index (χ3n) is 4.85. The van der Waals surface area contributed by atoms with Crippen LogP contribution in [0, 0.1) is 26.7 Å². The molecule has 1 saturated heterocycles. The monoisotopic (exact) mass is 357 g/mol. The Balaban J connectivity index is 1.56. The average molecular weight is 358 g/mol. The zero-order chi connectivity index (χ0) is 17.6. The van der Waals surface area contributed by atoms with Gasteiger partial charge in [0.2, 0.25) is 0 Å². The Morgan fingerprint density at radius 1 is 1.16 bits per heavy atom. The van der Waals surface area contributed by atoms with E-state index in [0.717, 1.165) is 49.0 Å². The van der Waals surface area contributed by atoms with Crippen molar-refractivity contribution in [3.05, 3.63) is 40.3 Å². The van der Waals surface area contributed by atoms with E-state index in [9.17, 15) is 0 Å². The van der Waals surface area contributed by atoms with Crippen molar-refractivity contribution >= 4 is 23.2 Å². The van der Waals surface area contributed by atoms with E-state index in [4.69, 9.17) is 11.6 Å². The number of hydrogen-bond donors (Lipinski definition) is 0. The molecule has 7 nitrogen and oxygen atoms in total. The highest BCUT2D eigenvalue weighted by molar-refractivity contribution is 6.29. The number of nitrogens with zero attached hydrogens (tertiary/aromatic N) is 7. The van der Waals surface area contributed by atoms with Crippen LogP contribution in [0.1, 0.15) is 29.2 Å². The fourth-order valence-electron chi connectivity index (χ4n) is 3.58. The molecular weight excluding hydrogens is 338 g/mol. The number of aryl methyl sites for hydroxylation is 3. The number of anilines is 1. The summed E-state index contributed by atoms with van der Waals surface area (Å²) >= 11 is 5.96. The molecule has 130 valence electrons. The van der Waals surface area contributed by atoms with Crippen molar-refractivity contribution < 1.29 is 0 Å². The largest absolute Gasteiger partial charge is 0.355 e. The highest BCUT2D eigenvalue weighted by atomic mass is 35.5. The summed E-state index contributed by atoms with van der Waals surface area (Å²) in [5.74, 6) is 2.82. The van der Waals surface area contributed by atoms with Crippen LogP contribution in [0.2, 0.25) is 5.15 Å². The first kappa shape index (κ1) is 16.2. The smallest absolute Gasteiger partial charge is 0.252 e. The molecule has 0 N–H and O–H groups in total. The number of halogens is 1. The van der Waals surface area contributed by atoms with Crippen LogP contribution >= 0.6 is 11.6 Å². The lowest BCUT2D eigenvalue weighted by Crippen LogP contribution is -2.22. The van der Waals surface area contributed by atoms with Crippen molar-refractivity contribution in [2.75, 3.05) is 18.0 Å². The molecule has 0 amide bonds. The van der Waals surface area contributed by atoms with Crippen LogP contribution in [0.5, 0.6) is 0 Å². The number of aromatic nitrogens is 6. The Morgan fingerprint density at radius 3 is 2.80 bits per heavy atom. The molecule has 1 fully saturated rings. The maximum Gasteiger partial charge on any atom is 0.252 e. The SMILES string of the molecule is Cc1nc2nc(C)c(CC3CCN(c4cncc(Cl)n4)C3)c(C)n2n1. The first-order chi connectivity index (χ1) is 12.0. The topological polar surface area (TPSA) is 72.1 Å². The summed E-state index contributed by atoms with van der Waals surface area (Å²) in [5.41, 5.74) is 3.43. The van der Waals surface area contributed by atoms with Crippen LogP contribution < -0.4 is 4.90 Å². The summed E-state index contributed by atoms with van der Waals surface area (Å²) < 4.78 is 1.85. The lowest BCUT2D eigenvalue weighted by Gasteiger charge is -2.18. The van der Waals surface area contributed by atoms with Gasteiger partial charge in [-0.05, 0) is 45.1 Å². The maximum atomic E-state index is 5.96. The van der Waals surface area contributed by atoms with Crippen LogP contribution in [0.25, 0.3) is 5.78 Å². The van der Waals surface area contributed by atoms with Gasteiger partial charge >= 0.3 is 0 Å². The van der Waals surface area contributed by atoms with Crippen molar-refractivity contribution in [2.24, 2.45) is 5.92 Å². The van der Waals surface area contributed by atoms with Gasteiger partial charge in [-0.25, -0.2) is 14.5 Å². The second-order valence-corrected chi connectivity index (χ2v) is 7.02. The zero-order valence-electron chi connectivity index (χ0n) is 14.6. The Morgan fingerprint density at radius 2 is 2.00 bits per heavy atom. The summed E-state index contributed by atoms with van der Waals surface area (Å²) in [6.07, 6.45) is 5.42. The quantitative estimate of drug-likeness (QED) is 0.717. The van der Waals surface area contributed by atoms with Gasteiger partial charge in [-0.3, -0.25) is 4.98 Å². The molecule has 25 heavy (non-hydrogen) atoms. The van der Waals surface area contributed by atoms with Crippen LogP contribution in [0.3, 0.4) is 0 Å². The molecule has 0 radical (unpaired) electrons. The van der Waals surface area contributed by atoms with Crippen LogP contribution in [0.4, 0.5) is 5.82 Å². The minimum absolute atomic E-state index is 0.434. The van der Waals surface area contributed by atoms with Crippen molar-refractivity contribution in [1.29, 1.82) is 0 Å². The minimum atomic E-state index is 0.434. The van der Waals surface area contributed by atoms with E-state index in [1.807, 2.05) is 11.4 Å². The van der Waals surface area contributed by atoms with Gasteiger partial charge in [0.05, 0.1) is 12.4 Å². The fraction of sp³-hybridized carbons (Fsp3) is 0.471. The number of fused-ring (bicyclic) bond motifs is 1. The summed E-state index contributed by atoms with van der Waals surface area (Å²) in [4.78, 5) is 19.8. The predicted molar refractivity (Wildman–Crippen MR) is 96.1 cm³/mol. The van der Waals surface area contributed by atoms with Gasteiger partial charge in [-0.15, -0.1) is 0 Å². The molecule has 8 heteroatoms. The van der Waals surface area contributed by atoms with E-state index >= 15 is 0 Å². The van der Waals surface area contributed by atoms with E-state index in [-0.39, 0.29) is 0 Å². The Hall–Kier alpha value is -2.28. The molecule has 1 atom stereocenters. The highest BCUT2D eigenvalue weighted by Gasteiger charge is 2.26. The van der Waals surface area contributed by atoms with E-state index in [0.29, 0.717) is 16.8 Å². The number of hydrogen-bond acceptors (Lipinski definition) is 6. The molecule has 4 rings (SSSR count). The normalized spacial score (nSPS) is 17.6. The van der Waals surface area contributed by atoms with Crippen LogP contribution in [-0.2, 0) is 6.42 Å². The molecule has 0 aliphatic carbocycles. The summed E-state index contributed by atoms with van der Waals surface area (Å²) in [5, 5.41) is 4.90. The van der Waals surface area contributed by atoms with Crippen LogP contribution in [-0.4, -0.2) is 42.6 Å². The third-order valence-corrected chi connectivity index (χ3v) is 5.03. The molecule has 0 aromatic carbocycles. The van der Waals surface area contributed by atoms with Gasteiger partial charge in [-0.1, -0.05) is 11.6 Å². The number of rotatable bonds is 3. The minimum Gasteiger partial charge on any atom is -0.355 e. The maximum absolute atomic E-state index is 5.96. The predicted octanol–water partition coefficient (Wildman–Crippen LogP) is 2.56. The highest BCUT2D eigenvalue weighted by Crippen LogP contribution is 2.27. The standard InChI is InChI=1S/C17H20ClN7/c1-10-14(11(2)25-17(20-10)21-12(3)23-25)6-13-4-5-24(9-13)16-8-19-7-15(18)22-16/h7-8,13H,4-6,9H2,1-3H3. The van der Waals surface area contributed by atoms with Gasteiger partial charge < -0.3 is 4.90 Å². The van der Waals surface area contributed by atoms with E-state index in [2.05, 4.69) is 43.8 Å². The summed E-state index contributed by atoms with van der Waals surface area (Å²) in [7, 11) is 0. The molecule has 0 spiro atoms. The fourth-order valence-corrected chi connectivity index (χ4v) is 3.73. The molecule has 3 aromatic heterocycles.